The van der Waals surface area contributed by atoms with Gasteiger partial charge in [-0.25, -0.2) is 4.85 Å². The lowest BCUT2D eigenvalue weighted by Crippen LogP contribution is -2.45. The van der Waals surface area contributed by atoms with Crippen LogP contribution in [0.15, 0.2) is 82.4 Å². The summed E-state index contributed by atoms with van der Waals surface area (Å²) in [4.78, 5) is 28.1. The summed E-state index contributed by atoms with van der Waals surface area (Å²) in [5, 5.41) is 4.25. The van der Waals surface area contributed by atoms with Crippen molar-refractivity contribution in [1.82, 2.24) is 4.41 Å². The molecule has 0 saturated heterocycles. The monoisotopic (exact) mass is 391 g/mol. The summed E-state index contributed by atoms with van der Waals surface area (Å²) in [5.41, 5.74) is 0.358. The number of ketones is 2. The third kappa shape index (κ3) is 2.64. The first-order chi connectivity index (χ1) is 13.4. The van der Waals surface area contributed by atoms with Crippen molar-refractivity contribution >= 4 is 27.3 Å². The van der Waals surface area contributed by atoms with E-state index in [0.29, 0.717) is 5.56 Å². The third-order valence-electron chi connectivity index (χ3n) is 4.64. The van der Waals surface area contributed by atoms with Gasteiger partial charge < -0.3 is 0 Å². The standard InChI is InChI=1S/C20H13N3O4S/c1-21-15-12-16-17(20(25)19(15)24)18(13-8-4-2-5-9-13)22-23(16)28(26,27)14-10-6-3-7-11-14/h2-12,16-17H. The molecular formula is C20H13N3O4S. The molecule has 0 spiro atoms. The van der Waals surface area contributed by atoms with Gasteiger partial charge in [0, 0.05) is 0 Å². The van der Waals surface area contributed by atoms with Crippen molar-refractivity contribution in [1.29, 1.82) is 0 Å². The molecule has 0 fully saturated rings. The molecule has 0 radical (unpaired) electrons. The second-order valence-corrected chi connectivity index (χ2v) is 8.06. The highest BCUT2D eigenvalue weighted by molar-refractivity contribution is 7.89. The number of Topliss-reactive ketones (excluding diaryl/α,β-unsaturated/α-hetero) is 2. The number of carbonyl (C=O) groups is 2. The number of allylic oxidation sites excluding steroid dienone is 1. The van der Waals surface area contributed by atoms with Crippen LogP contribution in [0.2, 0.25) is 0 Å². The number of carbonyl (C=O) groups excluding carboxylic acids is 2. The number of rotatable bonds is 3. The van der Waals surface area contributed by atoms with Crippen LogP contribution in [-0.2, 0) is 19.6 Å². The Morgan fingerprint density at radius 3 is 2.18 bits per heavy atom. The molecule has 138 valence electrons. The Morgan fingerprint density at radius 1 is 0.964 bits per heavy atom. The highest BCUT2D eigenvalue weighted by Crippen LogP contribution is 2.36. The van der Waals surface area contributed by atoms with Crippen LogP contribution in [0.5, 0.6) is 0 Å². The molecule has 2 aromatic rings. The fourth-order valence-corrected chi connectivity index (χ4v) is 4.73. The number of benzene rings is 2. The van der Waals surface area contributed by atoms with E-state index >= 15 is 0 Å². The minimum absolute atomic E-state index is 0.00826. The molecule has 2 atom stereocenters. The van der Waals surface area contributed by atoms with E-state index in [1.54, 1.807) is 48.5 Å². The van der Waals surface area contributed by atoms with E-state index in [1.165, 1.54) is 18.2 Å². The zero-order valence-electron chi connectivity index (χ0n) is 14.4. The first kappa shape index (κ1) is 17.8. The third-order valence-corrected chi connectivity index (χ3v) is 6.33. The van der Waals surface area contributed by atoms with Crippen LogP contribution in [0.25, 0.3) is 4.85 Å². The molecule has 0 N–H and O–H groups in total. The van der Waals surface area contributed by atoms with Crippen molar-refractivity contribution in [2.24, 2.45) is 11.0 Å². The van der Waals surface area contributed by atoms with Crippen LogP contribution in [0, 0.1) is 12.5 Å². The molecule has 1 heterocycles. The van der Waals surface area contributed by atoms with Gasteiger partial charge in [-0.2, -0.15) is 17.9 Å². The first-order valence-electron chi connectivity index (χ1n) is 8.36. The molecule has 2 aliphatic rings. The molecular weight excluding hydrogens is 378 g/mol. The second kappa shape index (κ2) is 6.55. The van der Waals surface area contributed by atoms with Gasteiger partial charge in [0.15, 0.2) is 0 Å². The minimum atomic E-state index is -4.09. The van der Waals surface area contributed by atoms with Gasteiger partial charge in [-0.15, -0.1) is 0 Å². The Morgan fingerprint density at radius 2 is 1.57 bits per heavy atom. The number of fused-ring (bicyclic) bond motifs is 1. The van der Waals surface area contributed by atoms with E-state index in [1.807, 2.05) is 0 Å². The number of hydrazone groups is 1. The minimum Gasteiger partial charge on any atom is -0.299 e. The molecule has 7 nitrogen and oxygen atoms in total. The highest BCUT2D eigenvalue weighted by atomic mass is 32.2. The van der Waals surface area contributed by atoms with E-state index in [4.69, 9.17) is 6.57 Å². The lowest BCUT2D eigenvalue weighted by molar-refractivity contribution is -0.136. The SMILES string of the molecule is [C-]#[N+]C1=CC2C(C(=O)C1=O)C(c1ccccc1)=NN2S(=O)(=O)c1ccccc1. The molecule has 0 bridgehead atoms. The molecule has 1 aliphatic heterocycles. The van der Waals surface area contributed by atoms with E-state index < -0.39 is 33.5 Å². The Labute approximate surface area is 161 Å². The summed E-state index contributed by atoms with van der Waals surface area (Å²) in [7, 11) is -4.09. The van der Waals surface area contributed by atoms with Gasteiger partial charge in [-0.3, -0.25) is 9.59 Å². The molecule has 0 amide bonds. The van der Waals surface area contributed by atoms with Crippen molar-refractivity contribution in [3.8, 4) is 0 Å². The van der Waals surface area contributed by atoms with E-state index in [-0.39, 0.29) is 16.3 Å². The maximum Gasteiger partial charge on any atom is 0.279 e. The maximum absolute atomic E-state index is 13.2. The molecule has 2 aromatic carbocycles. The van der Waals surface area contributed by atoms with Gasteiger partial charge in [-0.05, 0) is 23.8 Å². The average Bonchev–Trinajstić information content (AvgIpc) is 3.12. The topological polar surface area (TPSA) is 88.2 Å². The fraction of sp³-hybridized carbons (Fsp3) is 0.100. The van der Waals surface area contributed by atoms with Gasteiger partial charge in [0.25, 0.3) is 10.0 Å². The van der Waals surface area contributed by atoms with Crippen LogP contribution in [-0.4, -0.2) is 36.2 Å². The highest BCUT2D eigenvalue weighted by Gasteiger charge is 2.51. The Balaban J connectivity index is 1.92. The predicted octanol–water partition coefficient (Wildman–Crippen LogP) is 2.03. The summed E-state index contributed by atoms with van der Waals surface area (Å²) >= 11 is 0. The summed E-state index contributed by atoms with van der Waals surface area (Å²) in [6, 6.07) is 15.3. The second-order valence-electron chi connectivity index (χ2n) is 6.27. The number of hydrogen-bond donors (Lipinski definition) is 0. The Kier molecular flexibility index (Phi) is 4.17. The summed E-state index contributed by atoms with van der Waals surface area (Å²) in [6.07, 6.45) is 1.22. The average molecular weight is 391 g/mol. The molecule has 8 heteroatoms. The van der Waals surface area contributed by atoms with Gasteiger partial charge in [0.2, 0.25) is 17.3 Å². The number of hydrogen-bond acceptors (Lipinski definition) is 5. The molecule has 0 saturated carbocycles. The van der Waals surface area contributed by atoms with E-state index in [2.05, 4.69) is 9.95 Å². The van der Waals surface area contributed by atoms with Gasteiger partial charge in [-0.1, -0.05) is 48.5 Å². The largest absolute Gasteiger partial charge is 0.299 e. The Bertz CT molecular complexity index is 1180. The molecule has 2 unspecified atom stereocenters. The fourth-order valence-electron chi connectivity index (χ4n) is 3.32. The lowest BCUT2D eigenvalue weighted by atomic mass is 9.81. The predicted molar refractivity (Wildman–Crippen MR) is 100 cm³/mol. The Hall–Kier alpha value is -3.57. The van der Waals surface area contributed by atoms with Crippen LogP contribution < -0.4 is 0 Å². The number of nitrogens with zero attached hydrogens (tertiary/aromatic N) is 3. The van der Waals surface area contributed by atoms with Crippen LogP contribution in [0.1, 0.15) is 5.56 Å². The zero-order valence-corrected chi connectivity index (χ0v) is 15.2. The maximum atomic E-state index is 13.2. The normalized spacial score (nSPS) is 21.6. The van der Waals surface area contributed by atoms with Gasteiger partial charge in [0.1, 0.15) is 0 Å². The van der Waals surface area contributed by atoms with Crippen LogP contribution in [0.4, 0.5) is 0 Å². The molecule has 1 aliphatic carbocycles. The van der Waals surface area contributed by atoms with Crippen LogP contribution in [0.3, 0.4) is 0 Å². The van der Waals surface area contributed by atoms with E-state index in [9.17, 15) is 18.0 Å². The zero-order chi connectivity index (χ0) is 19.9. The van der Waals surface area contributed by atoms with Gasteiger partial charge in [0.05, 0.1) is 29.1 Å². The quantitative estimate of drug-likeness (QED) is 0.592. The lowest BCUT2D eigenvalue weighted by Gasteiger charge is -2.27. The molecule has 4 rings (SSSR count). The van der Waals surface area contributed by atoms with Crippen molar-refractivity contribution in [3.63, 3.8) is 0 Å². The van der Waals surface area contributed by atoms with Crippen molar-refractivity contribution in [2.45, 2.75) is 10.9 Å². The smallest absolute Gasteiger partial charge is 0.279 e. The van der Waals surface area contributed by atoms with E-state index in [0.717, 1.165) is 4.41 Å². The van der Waals surface area contributed by atoms with Crippen molar-refractivity contribution < 1.29 is 18.0 Å². The first-order valence-corrected chi connectivity index (χ1v) is 9.80. The molecule has 28 heavy (non-hydrogen) atoms. The number of sulfonamides is 1. The summed E-state index contributed by atoms with van der Waals surface area (Å²) in [6.45, 7) is 7.15. The summed E-state index contributed by atoms with van der Waals surface area (Å²) < 4.78 is 27.2. The molecule has 0 aromatic heterocycles. The summed E-state index contributed by atoms with van der Waals surface area (Å²) in [5.74, 6) is -2.83. The van der Waals surface area contributed by atoms with Crippen molar-refractivity contribution in [3.05, 3.63) is 89.4 Å². The van der Waals surface area contributed by atoms with Crippen LogP contribution >= 0.6 is 0 Å². The van der Waals surface area contributed by atoms with Gasteiger partial charge >= 0.3 is 0 Å². The van der Waals surface area contributed by atoms with Crippen molar-refractivity contribution in [2.75, 3.05) is 0 Å².